The van der Waals surface area contributed by atoms with Gasteiger partial charge in [-0.1, -0.05) is 19.1 Å². The molecule has 1 aliphatic carbocycles. The third-order valence-corrected chi connectivity index (χ3v) is 5.41. The summed E-state index contributed by atoms with van der Waals surface area (Å²) in [5.74, 6) is 0.618. The Kier molecular flexibility index (Phi) is 3.36. The third kappa shape index (κ3) is 2.58. The molecule has 1 aromatic rings. The summed E-state index contributed by atoms with van der Waals surface area (Å²) in [7, 11) is -3.19. The molecular weight excluding hydrogens is 258 g/mol. The van der Waals surface area contributed by atoms with Gasteiger partial charge in [0.2, 0.25) is 0 Å². The van der Waals surface area contributed by atoms with Gasteiger partial charge in [0.15, 0.2) is 9.84 Å². The lowest BCUT2D eigenvalue weighted by Crippen LogP contribution is -2.24. The molecule has 0 atom stereocenters. The van der Waals surface area contributed by atoms with Crippen LogP contribution in [-0.2, 0) is 9.84 Å². The second-order valence-corrected chi connectivity index (χ2v) is 6.95. The topological polar surface area (TPSA) is 46.2 Å². The predicted molar refractivity (Wildman–Crippen MR) is 70.5 cm³/mol. The van der Waals surface area contributed by atoms with Crippen LogP contribution in [0.15, 0.2) is 29.2 Å². The van der Waals surface area contributed by atoms with Crippen molar-refractivity contribution in [1.82, 2.24) is 0 Å². The summed E-state index contributed by atoms with van der Waals surface area (Å²) in [6.45, 7) is 1.65. The van der Waals surface area contributed by atoms with E-state index in [-0.39, 0.29) is 11.3 Å². The zero-order valence-corrected chi connectivity index (χ0v) is 11.3. The monoisotopic (exact) mass is 273 g/mol. The van der Waals surface area contributed by atoms with E-state index in [4.69, 9.17) is 11.6 Å². The van der Waals surface area contributed by atoms with Crippen LogP contribution in [0.1, 0.15) is 19.8 Å². The van der Waals surface area contributed by atoms with Gasteiger partial charge >= 0.3 is 0 Å². The Morgan fingerprint density at radius 2 is 2.00 bits per heavy atom. The Hall–Kier alpha value is -0.740. The average Bonchev–Trinajstić information content (AvgIpc) is 3.10. The van der Waals surface area contributed by atoms with Crippen molar-refractivity contribution in [3.05, 3.63) is 24.3 Å². The molecule has 1 aromatic carbocycles. The lowest BCUT2D eigenvalue weighted by Gasteiger charge is -2.18. The molecule has 17 heavy (non-hydrogen) atoms. The first-order chi connectivity index (χ1) is 8.03. The molecular formula is C12H16ClNO2S. The SMILES string of the molecule is CCS(=O)(=O)c1ccccc1NC1(CCl)CC1. The summed E-state index contributed by atoms with van der Waals surface area (Å²) < 4.78 is 23.9. The molecule has 1 aliphatic rings. The average molecular weight is 274 g/mol. The van der Waals surface area contributed by atoms with Gasteiger partial charge in [-0.2, -0.15) is 0 Å². The molecule has 0 radical (unpaired) electrons. The van der Waals surface area contributed by atoms with Gasteiger partial charge in [-0.15, -0.1) is 11.6 Å². The number of sulfone groups is 1. The zero-order chi connectivity index (χ0) is 12.5. The number of hydrogen-bond donors (Lipinski definition) is 1. The van der Waals surface area contributed by atoms with E-state index >= 15 is 0 Å². The summed E-state index contributed by atoms with van der Waals surface area (Å²) in [4.78, 5) is 0.374. The maximum atomic E-state index is 11.9. The highest BCUT2D eigenvalue weighted by atomic mass is 35.5. The van der Waals surface area contributed by atoms with Crippen molar-refractivity contribution in [2.45, 2.75) is 30.2 Å². The minimum atomic E-state index is -3.19. The number of benzene rings is 1. The first-order valence-electron chi connectivity index (χ1n) is 5.69. The summed E-state index contributed by atoms with van der Waals surface area (Å²) in [6, 6.07) is 7.02. The molecule has 0 amide bonds. The highest BCUT2D eigenvalue weighted by molar-refractivity contribution is 7.91. The number of para-hydroxylation sites is 1. The van der Waals surface area contributed by atoms with Gasteiger partial charge in [0.05, 0.1) is 21.9 Å². The molecule has 1 saturated carbocycles. The Morgan fingerprint density at radius 1 is 1.35 bits per heavy atom. The quantitative estimate of drug-likeness (QED) is 0.839. The molecule has 0 heterocycles. The fraction of sp³-hybridized carbons (Fsp3) is 0.500. The number of anilines is 1. The van der Waals surface area contributed by atoms with E-state index < -0.39 is 9.84 Å². The molecule has 3 nitrogen and oxygen atoms in total. The summed E-state index contributed by atoms with van der Waals surface area (Å²) in [5, 5.41) is 3.28. The van der Waals surface area contributed by atoms with Crippen molar-refractivity contribution in [3.8, 4) is 0 Å². The van der Waals surface area contributed by atoms with Crippen LogP contribution in [-0.4, -0.2) is 25.6 Å². The van der Waals surface area contributed by atoms with Crippen LogP contribution in [0.3, 0.4) is 0 Å². The van der Waals surface area contributed by atoms with Gasteiger partial charge in [0.1, 0.15) is 0 Å². The standard InChI is InChI=1S/C12H16ClNO2S/c1-2-17(15,16)11-6-4-3-5-10(11)14-12(9-13)7-8-12/h3-6,14H,2,7-9H2,1H3. The Labute approximate surface area is 107 Å². The first-order valence-corrected chi connectivity index (χ1v) is 7.88. The van der Waals surface area contributed by atoms with Crippen LogP contribution in [0, 0.1) is 0 Å². The van der Waals surface area contributed by atoms with Crippen molar-refractivity contribution in [1.29, 1.82) is 0 Å². The lowest BCUT2D eigenvalue weighted by molar-refractivity contribution is 0.597. The maximum Gasteiger partial charge on any atom is 0.180 e. The molecule has 0 unspecified atom stereocenters. The van der Waals surface area contributed by atoms with E-state index in [0.717, 1.165) is 12.8 Å². The minimum absolute atomic E-state index is 0.0963. The Morgan fingerprint density at radius 3 is 2.53 bits per heavy atom. The van der Waals surface area contributed by atoms with Crippen LogP contribution < -0.4 is 5.32 Å². The predicted octanol–water partition coefficient (Wildman–Crippen LogP) is 2.66. The van der Waals surface area contributed by atoms with E-state index in [2.05, 4.69) is 5.32 Å². The lowest BCUT2D eigenvalue weighted by atomic mass is 10.2. The number of hydrogen-bond acceptors (Lipinski definition) is 3. The van der Waals surface area contributed by atoms with Crippen molar-refractivity contribution in [2.24, 2.45) is 0 Å². The second kappa shape index (κ2) is 4.50. The Balaban J connectivity index is 2.35. The van der Waals surface area contributed by atoms with Crippen LogP contribution in [0.25, 0.3) is 0 Å². The van der Waals surface area contributed by atoms with Gasteiger partial charge in [-0.3, -0.25) is 0 Å². The Bertz CT molecular complexity index is 509. The van der Waals surface area contributed by atoms with Crippen LogP contribution in [0.5, 0.6) is 0 Å². The maximum absolute atomic E-state index is 11.9. The fourth-order valence-corrected chi connectivity index (χ4v) is 3.11. The molecule has 1 N–H and O–H groups in total. The van der Waals surface area contributed by atoms with Crippen molar-refractivity contribution >= 4 is 27.1 Å². The highest BCUT2D eigenvalue weighted by Gasteiger charge is 2.42. The second-order valence-electron chi connectivity index (χ2n) is 4.44. The van der Waals surface area contributed by atoms with Crippen LogP contribution in [0.2, 0.25) is 0 Å². The summed E-state index contributed by atoms with van der Waals surface area (Å²) in [5.41, 5.74) is 0.577. The summed E-state index contributed by atoms with van der Waals surface area (Å²) in [6.07, 6.45) is 1.99. The molecule has 0 saturated heterocycles. The fourth-order valence-electron chi connectivity index (χ4n) is 1.73. The number of halogens is 1. The van der Waals surface area contributed by atoms with E-state index in [1.54, 1.807) is 25.1 Å². The van der Waals surface area contributed by atoms with Crippen LogP contribution >= 0.6 is 11.6 Å². The van der Waals surface area contributed by atoms with E-state index in [0.29, 0.717) is 16.5 Å². The molecule has 0 spiro atoms. The zero-order valence-electron chi connectivity index (χ0n) is 9.74. The van der Waals surface area contributed by atoms with Gasteiger partial charge < -0.3 is 5.32 Å². The highest BCUT2D eigenvalue weighted by Crippen LogP contribution is 2.41. The van der Waals surface area contributed by atoms with Crippen molar-refractivity contribution in [2.75, 3.05) is 16.9 Å². The molecule has 0 bridgehead atoms. The minimum Gasteiger partial charge on any atom is -0.377 e. The van der Waals surface area contributed by atoms with Gasteiger partial charge in [-0.05, 0) is 25.0 Å². The largest absolute Gasteiger partial charge is 0.377 e. The third-order valence-electron chi connectivity index (χ3n) is 3.11. The van der Waals surface area contributed by atoms with E-state index in [1.165, 1.54) is 0 Å². The van der Waals surface area contributed by atoms with E-state index in [1.807, 2.05) is 6.07 Å². The molecule has 0 aliphatic heterocycles. The van der Waals surface area contributed by atoms with Crippen LogP contribution in [0.4, 0.5) is 5.69 Å². The summed E-state index contributed by atoms with van der Waals surface area (Å²) >= 11 is 5.89. The molecule has 5 heteroatoms. The first kappa shape index (κ1) is 12.7. The normalized spacial score (nSPS) is 17.8. The molecule has 0 aromatic heterocycles. The molecule has 94 valence electrons. The smallest absolute Gasteiger partial charge is 0.180 e. The number of alkyl halides is 1. The molecule has 1 fully saturated rings. The molecule has 2 rings (SSSR count). The van der Waals surface area contributed by atoms with Crippen molar-refractivity contribution in [3.63, 3.8) is 0 Å². The van der Waals surface area contributed by atoms with E-state index in [9.17, 15) is 8.42 Å². The van der Waals surface area contributed by atoms with Gasteiger partial charge in [-0.25, -0.2) is 8.42 Å². The number of rotatable bonds is 5. The van der Waals surface area contributed by atoms with Crippen molar-refractivity contribution < 1.29 is 8.42 Å². The number of nitrogens with one attached hydrogen (secondary N) is 1. The van der Waals surface area contributed by atoms with Gasteiger partial charge in [0.25, 0.3) is 0 Å². The van der Waals surface area contributed by atoms with Gasteiger partial charge in [0, 0.05) is 5.88 Å².